The molecule has 0 aliphatic carbocycles. The number of rotatable bonds is 8. The maximum atomic E-state index is 12.1. The van der Waals surface area contributed by atoms with Gasteiger partial charge < -0.3 is 14.8 Å². The van der Waals surface area contributed by atoms with E-state index in [2.05, 4.69) is 15.8 Å². The molecule has 7 nitrogen and oxygen atoms in total. The van der Waals surface area contributed by atoms with Gasteiger partial charge in [-0.25, -0.2) is 5.43 Å². The minimum absolute atomic E-state index is 0.000765. The van der Waals surface area contributed by atoms with E-state index < -0.39 is 0 Å². The van der Waals surface area contributed by atoms with Crippen molar-refractivity contribution in [2.75, 3.05) is 19.5 Å². The van der Waals surface area contributed by atoms with E-state index in [1.807, 2.05) is 0 Å². The molecule has 0 aliphatic heterocycles. The summed E-state index contributed by atoms with van der Waals surface area (Å²) < 4.78 is 10.4. The van der Waals surface area contributed by atoms with Crippen LogP contribution in [0.15, 0.2) is 41.5 Å². The van der Waals surface area contributed by atoms with Gasteiger partial charge in [-0.2, -0.15) is 5.10 Å². The molecule has 2 aromatic carbocycles. The summed E-state index contributed by atoms with van der Waals surface area (Å²) in [5.41, 5.74) is 4.10. The lowest BCUT2D eigenvalue weighted by Crippen LogP contribution is -2.23. The molecular formula is C20H21Cl2N3O4. The standard InChI is InChI=1S/C20H21Cl2N3O4/c1-12(6-19(26)23-16-10-14(21)9-15(22)11-16)24-25-20(27)8-13-4-5-17(28-2)18(7-13)29-3/h4-5,7,9-11H,6,8H2,1-3H3,(H,23,26)(H,25,27). The third-order valence-electron chi connectivity index (χ3n) is 3.75. The predicted molar refractivity (Wildman–Crippen MR) is 114 cm³/mol. The summed E-state index contributed by atoms with van der Waals surface area (Å²) in [6.07, 6.45) is 0.102. The number of nitrogens with zero attached hydrogens (tertiary/aromatic N) is 1. The zero-order valence-corrected chi connectivity index (χ0v) is 17.7. The molecule has 0 heterocycles. The summed E-state index contributed by atoms with van der Waals surface area (Å²) in [4.78, 5) is 24.2. The maximum Gasteiger partial charge on any atom is 0.244 e. The van der Waals surface area contributed by atoms with Crippen LogP contribution in [0.5, 0.6) is 11.5 Å². The Morgan fingerprint density at radius 1 is 0.966 bits per heavy atom. The van der Waals surface area contributed by atoms with E-state index in [9.17, 15) is 9.59 Å². The first-order valence-electron chi connectivity index (χ1n) is 8.59. The zero-order valence-electron chi connectivity index (χ0n) is 16.2. The van der Waals surface area contributed by atoms with Crippen molar-refractivity contribution in [2.24, 2.45) is 5.10 Å². The Morgan fingerprint density at radius 3 is 2.24 bits per heavy atom. The average molecular weight is 438 g/mol. The molecule has 0 saturated carbocycles. The molecule has 0 radical (unpaired) electrons. The maximum absolute atomic E-state index is 12.1. The molecular weight excluding hydrogens is 417 g/mol. The molecule has 0 fully saturated rings. The number of ether oxygens (including phenoxy) is 2. The monoisotopic (exact) mass is 437 g/mol. The SMILES string of the molecule is COc1ccc(CC(=O)NN=C(C)CC(=O)Nc2cc(Cl)cc(Cl)c2)cc1OC. The Balaban J connectivity index is 1.88. The third kappa shape index (κ3) is 7.29. The second-order valence-corrected chi connectivity index (χ2v) is 7.00. The van der Waals surface area contributed by atoms with Crippen LogP contribution in [-0.2, 0) is 16.0 Å². The Hall–Kier alpha value is -2.77. The van der Waals surface area contributed by atoms with Crippen LogP contribution >= 0.6 is 23.2 Å². The molecule has 0 aliphatic rings. The summed E-state index contributed by atoms with van der Waals surface area (Å²) in [6, 6.07) is 9.95. The van der Waals surface area contributed by atoms with Crippen LogP contribution in [0.25, 0.3) is 0 Å². The normalized spacial score (nSPS) is 11.0. The highest BCUT2D eigenvalue weighted by Crippen LogP contribution is 2.27. The van der Waals surface area contributed by atoms with Crippen molar-refractivity contribution in [3.8, 4) is 11.5 Å². The lowest BCUT2D eigenvalue weighted by atomic mass is 10.1. The fourth-order valence-corrected chi connectivity index (χ4v) is 3.00. The van der Waals surface area contributed by atoms with Gasteiger partial charge in [0.05, 0.1) is 27.1 Å². The highest BCUT2D eigenvalue weighted by atomic mass is 35.5. The lowest BCUT2D eigenvalue weighted by Gasteiger charge is -2.09. The number of carbonyl (C=O) groups is 2. The van der Waals surface area contributed by atoms with Crippen LogP contribution in [0.2, 0.25) is 10.0 Å². The van der Waals surface area contributed by atoms with Gasteiger partial charge in [-0.1, -0.05) is 29.3 Å². The smallest absolute Gasteiger partial charge is 0.244 e. The number of methoxy groups -OCH3 is 2. The first-order chi connectivity index (χ1) is 13.8. The van der Waals surface area contributed by atoms with Gasteiger partial charge in [-0.05, 0) is 42.8 Å². The van der Waals surface area contributed by atoms with E-state index >= 15 is 0 Å². The predicted octanol–water partition coefficient (Wildman–Crippen LogP) is 4.07. The van der Waals surface area contributed by atoms with Gasteiger partial charge in [0, 0.05) is 21.4 Å². The highest BCUT2D eigenvalue weighted by molar-refractivity contribution is 6.35. The fraction of sp³-hybridized carbons (Fsp3) is 0.250. The van der Waals surface area contributed by atoms with E-state index in [-0.39, 0.29) is 24.7 Å². The zero-order chi connectivity index (χ0) is 21.4. The minimum atomic E-state index is -0.321. The van der Waals surface area contributed by atoms with Crippen LogP contribution in [0.3, 0.4) is 0 Å². The van der Waals surface area contributed by atoms with Crippen LogP contribution in [0.4, 0.5) is 5.69 Å². The molecule has 2 rings (SSSR count). The van der Waals surface area contributed by atoms with Gasteiger partial charge >= 0.3 is 0 Å². The molecule has 0 saturated heterocycles. The molecule has 0 bridgehead atoms. The number of anilines is 1. The van der Waals surface area contributed by atoms with Gasteiger partial charge in [0.15, 0.2) is 11.5 Å². The number of hydrogen-bond donors (Lipinski definition) is 2. The van der Waals surface area contributed by atoms with E-state index in [0.717, 1.165) is 5.56 Å². The number of halogens is 2. The number of amides is 2. The van der Waals surface area contributed by atoms with Gasteiger partial charge in [0.2, 0.25) is 11.8 Å². The molecule has 0 aromatic heterocycles. The van der Waals surface area contributed by atoms with Crippen molar-refractivity contribution in [3.63, 3.8) is 0 Å². The Labute approximate surface area is 179 Å². The molecule has 0 spiro atoms. The van der Waals surface area contributed by atoms with Gasteiger partial charge in [-0.3, -0.25) is 9.59 Å². The molecule has 0 unspecified atom stereocenters. The Morgan fingerprint density at radius 2 is 1.62 bits per heavy atom. The topological polar surface area (TPSA) is 89.0 Å². The second kappa shape index (κ2) is 10.7. The van der Waals surface area contributed by atoms with E-state index in [1.54, 1.807) is 50.4 Å². The largest absolute Gasteiger partial charge is 0.493 e. The van der Waals surface area contributed by atoms with Crippen LogP contribution in [-0.4, -0.2) is 31.7 Å². The van der Waals surface area contributed by atoms with Crippen molar-refractivity contribution in [1.82, 2.24) is 5.43 Å². The van der Waals surface area contributed by atoms with E-state index in [4.69, 9.17) is 32.7 Å². The molecule has 29 heavy (non-hydrogen) atoms. The number of hydrogen-bond acceptors (Lipinski definition) is 5. The molecule has 154 valence electrons. The van der Waals surface area contributed by atoms with E-state index in [0.29, 0.717) is 32.9 Å². The first-order valence-corrected chi connectivity index (χ1v) is 9.35. The van der Waals surface area contributed by atoms with Gasteiger partial charge in [0.25, 0.3) is 0 Å². The summed E-state index contributed by atoms with van der Waals surface area (Å²) in [6.45, 7) is 1.64. The van der Waals surface area contributed by atoms with Crippen molar-refractivity contribution >= 4 is 46.4 Å². The summed E-state index contributed by atoms with van der Waals surface area (Å²) in [5.74, 6) is 0.491. The third-order valence-corrected chi connectivity index (χ3v) is 4.18. The van der Waals surface area contributed by atoms with Gasteiger partial charge in [-0.15, -0.1) is 0 Å². The van der Waals surface area contributed by atoms with Crippen molar-refractivity contribution in [2.45, 2.75) is 19.8 Å². The summed E-state index contributed by atoms with van der Waals surface area (Å²) >= 11 is 11.8. The van der Waals surface area contributed by atoms with Crippen LogP contribution in [0, 0.1) is 0 Å². The minimum Gasteiger partial charge on any atom is -0.493 e. The first kappa shape index (κ1) is 22.5. The van der Waals surface area contributed by atoms with Gasteiger partial charge in [0.1, 0.15) is 0 Å². The van der Waals surface area contributed by atoms with Crippen molar-refractivity contribution in [1.29, 1.82) is 0 Å². The average Bonchev–Trinajstić information content (AvgIpc) is 2.65. The quantitative estimate of drug-likeness (QED) is 0.480. The van der Waals surface area contributed by atoms with Crippen molar-refractivity contribution in [3.05, 3.63) is 52.0 Å². The fourth-order valence-electron chi connectivity index (χ4n) is 2.48. The van der Waals surface area contributed by atoms with Crippen LogP contribution in [0.1, 0.15) is 18.9 Å². The molecule has 2 aromatic rings. The van der Waals surface area contributed by atoms with Crippen LogP contribution < -0.4 is 20.2 Å². The number of carbonyl (C=O) groups excluding carboxylic acids is 2. The molecule has 0 atom stereocenters. The second-order valence-electron chi connectivity index (χ2n) is 6.13. The highest BCUT2D eigenvalue weighted by Gasteiger charge is 2.09. The Kier molecular flexibility index (Phi) is 8.30. The molecule has 2 N–H and O–H groups in total. The summed E-state index contributed by atoms with van der Waals surface area (Å²) in [5, 5.41) is 7.47. The molecule has 2 amide bonds. The Bertz CT molecular complexity index is 912. The number of benzene rings is 2. The summed E-state index contributed by atoms with van der Waals surface area (Å²) in [7, 11) is 3.07. The lowest BCUT2D eigenvalue weighted by molar-refractivity contribution is -0.120. The van der Waals surface area contributed by atoms with E-state index in [1.165, 1.54) is 7.11 Å². The number of nitrogens with one attached hydrogen (secondary N) is 2. The number of hydrazone groups is 1. The molecule has 9 heteroatoms. The van der Waals surface area contributed by atoms with Crippen molar-refractivity contribution < 1.29 is 19.1 Å².